The summed E-state index contributed by atoms with van der Waals surface area (Å²) in [4.78, 5) is 21.8. The number of anilines is 1. The molecule has 0 bridgehead atoms. The van der Waals surface area contributed by atoms with E-state index in [4.69, 9.17) is 4.98 Å². The van der Waals surface area contributed by atoms with Crippen LogP contribution < -0.4 is 10.6 Å². The fourth-order valence-corrected chi connectivity index (χ4v) is 4.25. The van der Waals surface area contributed by atoms with E-state index in [-0.39, 0.29) is 18.6 Å². The Bertz CT molecular complexity index is 825. The van der Waals surface area contributed by atoms with Gasteiger partial charge in [0.15, 0.2) is 0 Å². The molecule has 28 heavy (non-hydrogen) atoms. The zero-order valence-electron chi connectivity index (χ0n) is 16.2. The number of aliphatic hydroxyl groups is 1. The van der Waals surface area contributed by atoms with E-state index in [0.29, 0.717) is 30.4 Å². The van der Waals surface area contributed by atoms with E-state index in [9.17, 15) is 9.90 Å². The molecule has 6 nitrogen and oxygen atoms in total. The van der Waals surface area contributed by atoms with Crippen LogP contribution in [0.4, 0.5) is 5.82 Å². The normalized spacial score (nSPS) is 21.7. The lowest BCUT2D eigenvalue weighted by atomic mass is 9.86. The largest absolute Gasteiger partial charge is 0.396 e. The van der Waals surface area contributed by atoms with Gasteiger partial charge in [0.1, 0.15) is 17.3 Å². The summed E-state index contributed by atoms with van der Waals surface area (Å²) in [5.74, 6) is 1.76. The van der Waals surface area contributed by atoms with E-state index in [1.54, 1.807) is 0 Å². The second kappa shape index (κ2) is 8.69. The Morgan fingerprint density at radius 1 is 1.14 bits per heavy atom. The predicted octanol–water partition coefficient (Wildman–Crippen LogP) is 2.51. The monoisotopic (exact) mass is 380 g/mol. The smallest absolute Gasteiger partial charge is 0.270 e. The lowest BCUT2D eigenvalue weighted by Crippen LogP contribution is -2.36. The van der Waals surface area contributed by atoms with E-state index >= 15 is 0 Å². The minimum atomic E-state index is -0.107. The Balaban J connectivity index is 1.57. The first-order valence-electron chi connectivity index (χ1n) is 10.3. The number of hydrogen-bond donors (Lipinski definition) is 3. The molecule has 0 unspecified atom stereocenters. The number of rotatable bonds is 6. The molecule has 1 aliphatic heterocycles. The van der Waals surface area contributed by atoms with Gasteiger partial charge in [0.2, 0.25) is 0 Å². The average Bonchev–Trinajstić information content (AvgIpc) is 2.74. The van der Waals surface area contributed by atoms with Crippen molar-refractivity contribution in [1.82, 2.24) is 15.3 Å². The Labute approximate surface area is 165 Å². The van der Waals surface area contributed by atoms with Crippen LogP contribution in [-0.2, 0) is 19.3 Å². The molecule has 4 rings (SSSR count). The number of aliphatic hydroxyl groups excluding tert-OH is 1. The molecule has 1 aromatic heterocycles. The van der Waals surface area contributed by atoms with Crippen molar-refractivity contribution in [2.24, 2.45) is 5.92 Å². The van der Waals surface area contributed by atoms with Gasteiger partial charge in [-0.2, -0.15) is 0 Å². The summed E-state index contributed by atoms with van der Waals surface area (Å²) < 4.78 is 0. The summed E-state index contributed by atoms with van der Waals surface area (Å²) in [6.45, 7) is 0.863. The Kier molecular flexibility index (Phi) is 5.86. The highest BCUT2D eigenvalue weighted by atomic mass is 16.3. The molecule has 1 fully saturated rings. The lowest BCUT2D eigenvalue weighted by Gasteiger charge is -2.30. The van der Waals surface area contributed by atoms with Crippen LogP contribution in [0.1, 0.15) is 53.1 Å². The summed E-state index contributed by atoms with van der Waals surface area (Å²) >= 11 is 0. The van der Waals surface area contributed by atoms with Gasteiger partial charge in [0.25, 0.3) is 5.91 Å². The van der Waals surface area contributed by atoms with Crippen LogP contribution in [0.15, 0.2) is 30.3 Å². The highest BCUT2D eigenvalue weighted by Gasteiger charge is 2.27. The highest BCUT2D eigenvalue weighted by molar-refractivity contribution is 5.96. The van der Waals surface area contributed by atoms with Crippen LogP contribution in [0, 0.1) is 5.92 Å². The summed E-state index contributed by atoms with van der Waals surface area (Å²) in [5.41, 5.74) is 2.68. The topological polar surface area (TPSA) is 87.1 Å². The first-order valence-corrected chi connectivity index (χ1v) is 10.3. The van der Waals surface area contributed by atoms with Crippen molar-refractivity contribution >= 4 is 11.7 Å². The second-order valence-electron chi connectivity index (χ2n) is 7.86. The number of benzene rings is 1. The predicted molar refractivity (Wildman–Crippen MR) is 108 cm³/mol. The number of amides is 1. The van der Waals surface area contributed by atoms with E-state index in [0.717, 1.165) is 49.9 Å². The zero-order chi connectivity index (χ0) is 19.3. The van der Waals surface area contributed by atoms with Crippen LogP contribution in [0.5, 0.6) is 0 Å². The van der Waals surface area contributed by atoms with Gasteiger partial charge in [-0.05, 0) is 43.6 Å². The Morgan fingerprint density at radius 3 is 2.82 bits per heavy atom. The molecule has 2 aromatic rings. The first-order chi connectivity index (χ1) is 13.7. The quantitative estimate of drug-likeness (QED) is 0.717. The Morgan fingerprint density at radius 2 is 2.00 bits per heavy atom. The average molecular weight is 380 g/mol. The van der Waals surface area contributed by atoms with Gasteiger partial charge < -0.3 is 15.7 Å². The first kappa shape index (κ1) is 18.9. The molecule has 2 heterocycles. The molecular formula is C22H28N4O2. The van der Waals surface area contributed by atoms with Crippen molar-refractivity contribution in [3.63, 3.8) is 0 Å². The van der Waals surface area contributed by atoms with Crippen molar-refractivity contribution < 1.29 is 9.90 Å². The summed E-state index contributed by atoms with van der Waals surface area (Å²) in [6, 6.07) is 10.6. The molecule has 1 aromatic carbocycles. The van der Waals surface area contributed by atoms with Crippen LogP contribution in [0.3, 0.4) is 0 Å². The maximum atomic E-state index is 12.4. The molecule has 2 aliphatic rings. The number of aromatic nitrogens is 2. The van der Waals surface area contributed by atoms with E-state index in [2.05, 4.69) is 27.8 Å². The van der Waals surface area contributed by atoms with E-state index in [1.165, 1.54) is 5.56 Å². The van der Waals surface area contributed by atoms with Gasteiger partial charge in [-0.1, -0.05) is 36.8 Å². The maximum absolute atomic E-state index is 12.4. The third kappa shape index (κ3) is 4.33. The van der Waals surface area contributed by atoms with Gasteiger partial charge in [-0.25, -0.2) is 9.97 Å². The molecule has 0 saturated heterocycles. The SMILES string of the molecule is O=C1NCCc2c(N[C@H]3CCC[C@@H](CO)C3)nc(CCc3ccccc3)nc21. The van der Waals surface area contributed by atoms with Gasteiger partial charge in [-0.3, -0.25) is 4.79 Å². The van der Waals surface area contributed by atoms with Gasteiger partial charge in [0, 0.05) is 31.2 Å². The number of nitrogens with zero attached hydrogens (tertiary/aromatic N) is 2. The number of nitrogens with one attached hydrogen (secondary N) is 2. The van der Waals surface area contributed by atoms with Crippen LogP contribution >= 0.6 is 0 Å². The molecule has 1 saturated carbocycles. The molecule has 1 amide bonds. The number of aryl methyl sites for hydroxylation is 2. The van der Waals surface area contributed by atoms with Crippen molar-refractivity contribution in [1.29, 1.82) is 0 Å². The van der Waals surface area contributed by atoms with Crippen molar-refractivity contribution in [3.8, 4) is 0 Å². The van der Waals surface area contributed by atoms with Gasteiger partial charge in [0.05, 0.1) is 0 Å². The fourth-order valence-electron chi connectivity index (χ4n) is 4.25. The molecule has 148 valence electrons. The summed E-state index contributed by atoms with van der Waals surface area (Å²) in [7, 11) is 0. The molecule has 0 spiro atoms. The zero-order valence-corrected chi connectivity index (χ0v) is 16.2. The minimum absolute atomic E-state index is 0.107. The van der Waals surface area contributed by atoms with Gasteiger partial charge >= 0.3 is 0 Å². The summed E-state index contributed by atoms with van der Waals surface area (Å²) in [6.07, 6.45) is 6.50. The molecule has 6 heteroatoms. The standard InChI is InChI=1S/C22H28N4O2/c27-14-16-7-4-8-17(13-16)24-21-18-11-12-23-22(28)20(18)25-19(26-21)10-9-15-5-2-1-3-6-15/h1-3,5-6,16-17,27H,4,7-14H2,(H,23,28)(H,24,25,26)/t16-,17+/m1/s1. The van der Waals surface area contributed by atoms with Crippen LogP contribution in [0.25, 0.3) is 0 Å². The number of fused-ring (bicyclic) bond motifs is 1. The Hall–Kier alpha value is -2.47. The van der Waals surface area contributed by atoms with Crippen LogP contribution in [-0.4, -0.2) is 40.2 Å². The van der Waals surface area contributed by atoms with E-state index in [1.807, 2.05) is 18.2 Å². The fraction of sp³-hybridized carbons (Fsp3) is 0.500. The molecule has 3 N–H and O–H groups in total. The number of hydrogen-bond acceptors (Lipinski definition) is 5. The third-order valence-corrected chi connectivity index (χ3v) is 5.79. The van der Waals surface area contributed by atoms with E-state index < -0.39 is 0 Å². The minimum Gasteiger partial charge on any atom is -0.396 e. The third-order valence-electron chi connectivity index (χ3n) is 5.79. The van der Waals surface area contributed by atoms with Gasteiger partial charge in [-0.15, -0.1) is 0 Å². The lowest BCUT2D eigenvalue weighted by molar-refractivity contribution is 0.0940. The van der Waals surface area contributed by atoms with Crippen molar-refractivity contribution in [2.45, 2.75) is 51.0 Å². The van der Waals surface area contributed by atoms with Crippen molar-refractivity contribution in [3.05, 3.63) is 53.0 Å². The molecular weight excluding hydrogens is 352 g/mol. The number of carbonyl (C=O) groups excluding carboxylic acids is 1. The molecule has 0 radical (unpaired) electrons. The maximum Gasteiger partial charge on any atom is 0.270 e. The molecule has 1 aliphatic carbocycles. The van der Waals surface area contributed by atoms with Crippen molar-refractivity contribution in [2.75, 3.05) is 18.5 Å². The number of carbonyl (C=O) groups is 1. The summed E-state index contributed by atoms with van der Waals surface area (Å²) in [5, 5.41) is 16.0. The molecule has 2 atom stereocenters. The van der Waals surface area contributed by atoms with Crippen LogP contribution in [0.2, 0.25) is 0 Å². The highest BCUT2D eigenvalue weighted by Crippen LogP contribution is 2.28. The second-order valence-corrected chi connectivity index (χ2v) is 7.86.